The minimum Gasteiger partial charge on any atom is -0.324 e. The molecule has 1 aromatic carbocycles. The second kappa shape index (κ2) is 3.35. The monoisotopic (exact) mass is 193 g/mol. The van der Waals surface area contributed by atoms with Crippen LogP contribution in [0.1, 0.15) is 36.9 Å². The van der Waals surface area contributed by atoms with Crippen LogP contribution in [0.15, 0.2) is 23.1 Å². The van der Waals surface area contributed by atoms with E-state index in [9.17, 15) is 0 Å². The molecule has 0 aromatic heterocycles. The van der Waals surface area contributed by atoms with Gasteiger partial charge in [0, 0.05) is 16.7 Å². The Labute approximate surface area is 83.7 Å². The van der Waals surface area contributed by atoms with Gasteiger partial charge < -0.3 is 5.73 Å². The van der Waals surface area contributed by atoms with Gasteiger partial charge in [-0.3, -0.25) is 0 Å². The second-order valence-corrected chi connectivity index (χ2v) is 4.80. The molecule has 70 valence electrons. The van der Waals surface area contributed by atoms with Gasteiger partial charge in [0.1, 0.15) is 0 Å². The Kier molecular flexibility index (Phi) is 2.35. The van der Waals surface area contributed by atoms with Gasteiger partial charge in [-0.15, -0.1) is 11.8 Å². The fraction of sp³-hybridized carbons (Fsp3) is 0.455. The minimum absolute atomic E-state index is 0.160. The van der Waals surface area contributed by atoms with Crippen molar-refractivity contribution >= 4 is 11.8 Å². The van der Waals surface area contributed by atoms with Crippen molar-refractivity contribution in [2.75, 3.05) is 5.75 Å². The number of rotatable bonds is 1. The first-order valence-corrected chi connectivity index (χ1v) is 5.70. The van der Waals surface area contributed by atoms with E-state index in [1.807, 2.05) is 11.8 Å². The predicted molar refractivity (Wildman–Crippen MR) is 58.2 cm³/mol. The molecule has 1 aliphatic heterocycles. The maximum atomic E-state index is 5.92. The molecule has 2 N–H and O–H groups in total. The molecule has 2 atom stereocenters. The highest BCUT2D eigenvalue weighted by Crippen LogP contribution is 2.42. The lowest BCUT2D eigenvalue weighted by molar-refractivity contribution is 0.784. The van der Waals surface area contributed by atoms with Crippen molar-refractivity contribution < 1.29 is 0 Å². The van der Waals surface area contributed by atoms with Gasteiger partial charge in [-0.2, -0.15) is 0 Å². The molecule has 0 spiro atoms. The van der Waals surface area contributed by atoms with Crippen molar-refractivity contribution in [3.63, 3.8) is 0 Å². The summed E-state index contributed by atoms with van der Waals surface area (Å²) < 4.78 is 0. The van der Waals surface area contributed by atoms with E-state index in [4.69, 9.17) is 5.73 Å². The zero-order valence-electron chi connectivity index (χ0n) is 8.08. The first-order chi connectivity index (χ1) is 6.20. The van der Waals surface area contributed by atoms with Gasteiger partial charge in [0.15, 0.2) is 0 Å². The first-order valence-electron chi connectivity index (χ1n) is 4.71. The van der Waals surface area contributed by atoms with Gasteiger partial charge in [-0.1, -0.05) is 25.1 Å². The van der Waals surface area contributed by atoms with Gasteiger partial charge in [-0.05, 0) is 24.0 Å². The van der Waals surface area contributed by atoms with Gasteiger partial charge in [-0.25, -0.2) is 0 Å². The van der Waals surface area contributed by atoms with Crippen molar-refractivity contribution in [2.24, 2.45) is 5.73 Å². The quantitative estimate of drug-likeness (QED) is 0.742. The number of nitrogens with two attached hydrogens (primary N) is 1. The summed E-state index contributed by atoms with van der Waals surface area (Å²) in [7, 11) is 0. The SMILES string of the molecule is CC(N)c1cccc2c1SCC2C. The molecule has 0 amide bonds. The molecule has 2 unspecified atom stereocenters. The largest absolute Gasteiger partial charge is 0.324 e. The van der Waals surface area contributed by atoms with E-state index in [0.29, 0.717) is 5.92 Å². The molecule has 0 saturated heterocycles. The lowest BCUT2D eigenvalue weighted by Gasteiger charge is -2.11. The minimum atomic E-state index is 0.160. The fourth-order valence-corrected chi connectivity index (χ4v) is 3.24. The maximum absolute atomic E-state index is 5.92. The van der Waals surface area contributed by atoms with E-state index < -0.39 is 0 Å². The summed E-state index contributed by atoms with van der Waals surface area (Å²) in [6.07, 6.45) is 0. The van der Waals surface area contributed by atoms with Gasteiger partial charge in [0.05, 0.1) is 0 Å². The van der Waals surface area contributed by atoms with Crippen LogP contribution in [0.4, 0.5) is 0 Å². The molecule has 0 radical (unpaired) electrons. The Morgan fingerprint density at radius 2 is 2.31 bits per heavy atom. The maximum Gasteiger partial charge on any atom is 0.0277 e. The lowest BCUT2D eigenvalue weighted by Crippen LogP contribution is -2.06. The third kappa shape index (κ3) is 1.49. The normalized spacial score (nSPS) is 22.8. The van der Waals surface area contributed by atoms with Crippen molar-refractivity contribution in [1.29, 1.82) is 0 Å². The van der Waals surface area contributed by atoms with E-state index in [2.05, 4.69) is 32.0 Å². The summed E-state index contributed by atoms with van der Waals surface area (Å²) in [5, 5.41) is 0. The molecule has 2 rings (SSSR count). The van der Waals surface area contributed by atoms with E-state index in [1.54, 1.807) is 0 Å². The highest BCUT2D eigenvalue weighted by molar-refractivity contribution is 7.99. The zero-order chi connectivity index (χ0) is 9.42. The van der Waals surface area contributed by atoms with Crippen LogP contribution in [0.5, 0.6) is 0 Å². The van der Waals surface area contributed by atoms with Crippen molar-refractivity contribution in [1.82, 2.24) is 0 Å². The molecule has 1 aliphatic rings. The van der Waals surface area contributed by atoms with Crippen LogP contribution in [-0.2, 0) is 0 Å². The van der Waals surface area contributed by atoms with Gasteiger partial charge in [0.2, 0.25) is 0 Å². The third-order valence-corrected chi connectivity index (χ3v) is 4.00. The highest BCUT2D eigenvalue weighted by Gasteiger charge is 2.22. The Morgan fingerprint density at radius 1 is 1.54 bits per heavy atom. The van der Waals surface area contributed by atoms with Crippen LogP contribution in [0.25, 0.3) is 0 Å². The summed E-state index contributed by atoms with van der Waals surface area (Å²) in [6, 6.07) is 6.66. The van der Waals surface area contributed by atoms with Crippen LogP contribution >= 0.6 is 11.8 Å². The highest BCUT2D eigenvalue weighted by atomic mass is 32.2. The number of hydrogen-bond donors (Lipinski definition) is 1. The lowest BCUT2D eigenvalue weighted by atomic mass is 9.99. The Bertz CT molecular complexity index is 320. The zero-order valence-corrected chi connectivity index (χ0v) is 8.90. The number of hydrogen-bond acceptors (Lipinski definition) is 2. The summed E-state index contributed by atoms with van der Waals surface area (Å²) in [4.78, 5) is 1.44. The van der Waals surface area contributed by atoms with Gasteiger partial charge >= 0.3 is 0 Å². The van der Waals surface area contributed by atoms with Crippen molar-refractivity contribution in [3.05, 3.63) is 29.3 Å². The van der Waals surface area contributed by atoms with Crippen LogP contribution in [0.3, 0.4) is 0 Å². The van der Waals surface area contributed by atoms with E-state index in [1.165, 1.54) is 21.8 Å². The van der Waals surface area contributed by atoms with Crippen LogP contribution < -0.4 is 5.73 Å². The van der Waals surface area contributed by atoms with Crippen molar-refractivity contribution in [3.8, 4) is 0 Å². The van der Waals surface area contributed by atoms with Crippen LogP contribution in [-0.4, -0.2) is 5.75 Å². The number of fused-ring (bicyclic) bond motifs is 1. The van der Waals surface area contributed by atoms with E-state index >= 15 is 0 Å². The standard InChI is InChI=1S/C11H15NS/c1-7-6-13-11-9(7)4-3-5-10(11)8(2)12/h3-5,7-8H,6,12H2,1-2H3. The third-order valence-electron chi connectivity index (χ3n) is 2.58. The molecule has 0 bridgehead atoms. The summed E-state index contributed by atoms with van der Waals surface area (Å²) in [6.45, 7) is 4.34. The molecule has 1 aromatic rings. The van der Waals surface area contributed by atoms with Crippen molar-refractivity contribution in [2.45, 2.75) is 30.7 Å². The Balaban J connectivity index is 2.51. The van der Waals surface area contributed by atoms with E-state index in [-0.39, 0.29) is 6.04 Å². The summed E-state index contributed by atoms with van der Waals surface area (Å²) in [5.41, 5.74) is 8.72. The second-order valence-electron chi connectivity index (χ2n) is 3.77. The molecule has 0 fully saturated rings. The Morgan fingerprint density at radius 3 is 3.00 bits per heavy atom. The molecular formula is C11H15NS. The molecule has 0 saturated carbocycles. The van der Waals surface area contributed by atoms with Gasteiger partial charge in [0.25, 0.3) is 0 Å². The summed E-state index contributed by atoms with van der Waals surface area (Å²) in [5.74, 6) is 1.90. The predicted octanol–water partition coefficient (Wildman–Crippen LogP) is 2.92. The number of benzene rings is 1. The van der Waals surface area contributed by atoms with Crippen LogP contribution in [0.2, 0.25) is 0 Å². The molecule has 13 heavy (non-hydrogen) atoms. The fourth-order valence-electron chi connectivity index (χ4n) is 1.78. The topological polar surface area (TPSA) is 26.0 Å². The smallest absolute Gasteiger partial charge is 0.0277 e. The first kappa shape index (κ1) is 9.10. The molecular weight excluding hydrogens is 178 g/mol. The molecule has 0 aliphatic carbocycles. The molecule has 1 heterocycles. The summed E-state index contributed by atoms with van der Waals surface area (Å²) >= 11 is 1.95. The number of thioether (sulfide) groups is 1. The Hall–Kier alpha value is -0.470. The average Bonchev–Trinajstić information content (AvgIpc) is 2.48. The van der Waals surface area contributed by atoms with Crippen LogP contribution in [0, 0.1) is 0 Å². The molecule has 1 nitrogen and oxygen atoms in total. The average molecular weight is 193 g/mol. The van der Waals surface area contributed by atoms with E-state index in [0.717, 1.165) is 0 Å². The molecule has 2 heteroatoms.